The maximum absolute atomic E-state index is 10.7. The van der Waals surface area contributed by atoms with Gasteiger partial charge in [0.05, 0.1) is 5.56 Å². The zero-order chi connectivity index (χ0) is 13.7. The van der Waals surface area contributed by atoms with Crippen LogP contribution in [0.4, 0.5) is 0 Å². The predicted molar refractivity (Wildman–Crippen MR) is 72.1 cm³/mol. The van der Waals surface area contributed by atoms with Crippen LogP contribution in [0.2, 0.25) is 0 Å². The van der Waals surface area contributed by atoms with Gasteiger partial charge in [0.25, 0.3) is 0 Å². The second kappa shape index (κ2) is 5.82. The van der Waals surface area contributed by atoms with Crippen LogP contribution in [0.25, 0.3) is 6.08 Å². The molecule has 0 atom stereocenters. The van der Waals surface area contributed by atoms with Gasteiger partial charge in [0.2, 0.25) is 5.88 Å². The van der Waals surface area contributed by atoms with Crippen LogP contribution in [-0.2, 0) is 6.61 Å². The summed E-state index contributed by atoms with van der Waals surface area (Å²) in [6.07, 6.45) is 3.05. The fraction of sp³-hybridized carbons (Fsp3) is 0.0667. The van der Waals surface area contributed by atoms with Gasteiger partial charge in [-0.25, -0.2) is 9.78 Å². The molecule has 1 heterocycles. The summed E-state index contributed by atoms with van der Waals surface area (Å²) in [5.41, 5.74) is 2.20. The lowest BCUT2D eigenvalue weighted by Crippen LogP contribution is -2.00. The number of rotatable bonds is 5. The summed E-state index contributed by atoms with van der Waals surface area (Å²) >= 11 is 0. The fourth-order valence-corrected chi connectivity index (χ4v) is 1.50. The highest BCUT2D eigenvalue weighted by molar-refractivity contribution is 5.87. The van der Waals surface area contributed by atoms with Crippen molar-refractivity contribution in [1.82, 2.24) is 4.98 Å². The Morgan fingerprint density at radius 2 is 2.00 bits per heavy atom. The molecule has 1 N–H and O–H groups in total. The van der Waals surface area contributed by atoms with Crippen molar-refractivity contribution in [3.63, 3.8) is 0 Å². The number of carbonyl (C=O) groups is 1. The summed E-state index contributed by atoms with van der Waals surface area (Å²) in [5, 5.41) is 8.74. The molecule has 0 radical (unpaired) electrons. The molecule has 0 fully saturated rings. The third-order valence-electron chi connectivity index (χ3n) is 2.59. The molecule has 0 spiro atoms. The van der Waals surface area contributed by atoms with Gasteiger partial charge in [-0.1, -0.05) is 36.9 Å². The van der Waals surface area contributed by atoms with E-state index in [-0.39, 0.29) is 5.56 Å². The minimum atomic E-state index is -1.00. The van der Waals surface area contributed by atoms with E-state index in [2.05, 4.69) is 11.6 Å². The molecule has 96 valence electrons. The van der Waals surface area contributed by atoms with E-state index in [9.17, 15) is 4.79 Å². The Bertz CT molecular complexity index is 573. The first kappa shape index (κ1) is 12.8. The second-order valence-corrected chi connectivity index (χ2v) is 3.92. The van der Waals surface area contributed by atoms with Crippen LogP contribution in [0.5, 0.6) is 5.88 Å². The van der Waals surface area contributed by atoms with E-state index < -0.39 is 5.97 Å². The third-order valence-corrected chi connectivity index (χ3v) is 2.59. The maximum atomic E-state index is 10.7. The Morgan fingerprint density at radius 3 is 2.53 bits per heavy atom. The number of carboxylic acids is 1. The van der Waals surface area contributed by atoms with Gasteiger partial charge < -0.3 is 9.84 Å². The van der Waals surface area contributed by atoms with Gasteiger partial charge in [-0.3, -0.25) is 0 Å². The number of hydrogen-bond donors (Lipinski definition) is 1. The molecule has 0 bridgehead atoms. The lowest BCUT2D eigenvalue weighted by atomic mass is 10.1. The minimum Gasteiger partial charge on any atom is -0.478 e. The highest BCUT2D eigenvalue weighted by atomic mass is 16.5. The average Bonchev–Trinajstić information content (AvgIpc) is 2.46. The summed E-state index contributed by atoms with van der Waals surface area (Å²) in [5.74, 6) is -0.600. The van der Waals surface area contributed by atoms with Crippen LogP contribution >= 0.6 is 0 Å². The largest absolute Gasteiger partial charge is 0.478 e. The zero-order valence-electron chi connectivity index (χ0n) is 10.2. The van der Waals surface area contributed by atoms with Crippen molar-refractivity contribution in [2.75, 3.05) is 0 Å². The number of benzene rings is 1. The topological polar surface area (TPSA) is 59.4 Å². The number of ether oxygens (including phenoxy) is 1. The normalized spacial score (nSPS) is 9.89. The Labute approximate surface area is 111 Å². The van der Waals surface area contributed by atoms with Crippen LogP contribution in [0.1, 0.15) is 21.5 Å². The van der Waals surface area contributed by atoms with E-state index >= 15 is 0 Å². The number of pyridine rings is 1. The van der Waals surface area contributed by atoms with Crippen molar-refractivity contribution >= 4 is 12.0 Å². The van der Waals surface area contributed by atoms with E-state index in [1.54, 1.807) is 12.1 Å². The SMILES string of the molecule is C=Cc1ccc(COc2ccc(C(=O)O)cn2)cc1. The van der Waals surface area contributed by atoms with Crippen molar-refractivity contribution in [2.45, 2.75) is 6.61 Å². The molecule has 0 aliphatic rings. The number of aromatic carboxylic acids is 1. The van der Waals surface area contributed by atoms with E-state index in [1.807, 2.05) is 24.3 Å². The molecular formula is C15H13NO3. The third kappa shape index (κ3) is 3.42. The van der Waals surface area contributed by atoms with Gasteiger partial charge in [0.15, 0.2) is 0 Å². The average molecular weight is 255 g/mol. The number of nitrogens with zero attached hydrogens (tertiary/aromatic N) is 1. The first-order valence-corrected chi connectivity index (χ1v) is 5.72. The van der Waals surface area contributed by atoms with Crippen LogP contribution in [0, 0.1) is 0 Å². The van der Waals surface area contributed by atoms with Gasteiger partial charge >= 0.3 is 5.97 Å². The molecule has 4 heteroatoms. The standard InChI is InChI=1S/C15H13NO3/c1-2-11-3-5-12(6-4-11)10-19-14-8-7-13(9-16-14)15(17)18/h2-9H,1,10H2,(H,17,18). The summed E-state index contributed by atoms with van der Waals surface area (Å²) in [6, 6.07) is 10.8. The number of carboxylic acid groups (broad SMARTS) is 1. The monoisotopic (exact) mass is 255 g/mol. The van der Waals surface area contributed by atoms with Gasteiger partial charge in [0.1, 0.15) is 6.61 Å². The zero-order valence-corrected chi connectivity index (χ0v) is 10.2. The Morgan fingerprint density at radius 1 is 1.26 bits per heavy atom. The Hall–Kier alpha value is -2.62. The number of aromatic nitrogens is 1. The lowest BCUT2D eigenvalue weighted by Gasteiger charge is -2.05. The molecule has 0 saturated carbocycles. The van der Waals surface area contributed by atoms with Gasteiger partial charge in [-0.2, -0.15) is 0 Å². The van der Waals surface area contributed by atoms with E-state index in [0.717, 1.165) is 11.1 Å². The van der Waals surface area contributed by atoms with Crippen molar-refractivity contribution in [1.29, 1.82) is 0 Å². The molecule has 1 aromatic heterocycles. The summed E-state index contributed by atoms with van der Waals surface area (Å²) in [6.45, 7) is 4.07. The predicted octanol–water partition coefficient (Wildman–Crippen LogP) is 3.00. The van der Waals surface area contributed by atoms with Crippen molar-refractivity contribution in [2.24, 2.45) is 0 Å². The summed E-state index contributed by atoms with van der Waals surface area (Å²) in [7, 11) is 0. The molecule has 0 saturated heterocycles. The van der Waals surface area contributed by atoms with Gasteiger partial charge in [-0.15, -0.1) is 0 Å². The molecule has 1 aromatic carbocycles. The van der Waals surface area contributed by atoms with Gasteiger partial charge in [-0.05, 0) is 17.2 Å². The van der Waals surface area contributed by atoms with E-state index in [0.29, 0.717) is 12.5 Å². The fourth-order valence-electron chi connectivity index (χ4n) is 1.50. The quantitative estimate of drug-likeness (QED) is 0.892. The molecule has 0 aliphatic carbocycles. The molecule has 0 unspecified atom stereocenters. The number of hydrogen-bond acceptors (Lipinski definition) is 3. The lowest BCUT2D eigenvalue weighted by molar-refractivity contribution is 0.0696. The van der Waals surface area contributed by atoms with Crippen molar-refractivity contribution in [3.8, 4) is 5.88 Å². The van der Waals surface area contributed by atoms with Crippen molar-refractivity contribution in [3.05, 3.63) is 65.9 Å². The molecular weight excluding hydrogens is 242 g/mol. The van der Waals surface area contributed by atoms with Crippen LogP contribution < -0.4 is 4.74 Å². The summed E-state index contributed by atoms with van der Waals surface area (Å²) in [4.78, 5) is 14.6. The molecule has 0 aliphatic heterocycles. The molecule has 19 heavy (non-hydrogen) atoms. The van der Waals surface area contributed by atoms with E-state index in [1.165, 1.54) is 12.3 Å². The van der Waals surface area contributed by atoms with Crippen LogP contribution in [0.3, 0.4) is 0 Å². The first-order chi connectivity index (χ1) is 9.19. The first-order valence-electron chi connectivity index (χ1n) is 5.72. The highest BCUT2D eigenvalue weighted by Crippen LogP contribution is 2.11. The molecule has 4 nitrogen and oxygen atoms in total. The van der Waals surface area contributed by atoms with E-state index in [4.69, 9.17) is 9.84 Å². The smallest absolute Gasteiger partial charge is 0.337 e. The van der Waals surface area contributed by atoms with Crippen LogP contribution in [0.15, 0.2) is 49.2 Å². The molecule has 2 rings (SSSR count). The highest BCUT2D eigenvalue weighted by Gasteiger charge is 2.03. The Balaban J connectivity index is 1.97. The molecule has 0 amide bonds. The Kier molecular flexibility index (Phi) is 3.93. The van der Waals surface area contributed by atoms with Gasteiger partial charge in [0, 0.05) is 12.3 Å². The molecule has 2 aromatic rings. The summed E-state index contributed by atoms with van der Waals surface area (Å²) < 4.78 is 5.47. The second-order valence-electron chi connectivity index (χ2n) is 3.92. The maximum Gasteiger partial charge on any atom is 0.337 e. The minimum absolute atomic E-state index is 0.141. The van der Waals surface area contributed by atoms with Crippen molar-refractivity contribution < 1.29 is 14.6 Å². The van der Waals surface area contributed by atoms with Crippen LogP contribution in [-0.4, -0.2) is 16.1 Å².